The van der Waals surface area contributed by atoms with Crippen molar-refractivity contribution >= 4 is 29.3 Å². The van der Waals surface area contributed by atoms with Crippen LogP contribution in [0.2, 0.25) is 0 Å². The van der Waals surface area contributed by atoms with Crippen LogP contribution in [0.3, 0.4) is 0 Å². The van der Waals surface area contributed by atoms with Gasteiger partial charge in [0.05, 0.1) is 11.3 Å². The van der Waals surface area contributed by atoms with Crippen molar-refractivity contribution in [3.8, 4) is 11.5 Å². The number of ether oxygens (including phenoxy) is 2. The van der Waals surface area contributed by atoms with Crippen LogP contribution in [0.25, 0.3) is 0 Å². The molecule has 1 aliphatic heterocycles. The minimum atomic E-state index is -0.112. The highest BCUT2D eigenvalue weighted by Crippen LogP contribution is 2.33. The number of amides is 2. The van der Waals surface area contributed by atoms with Gasteiger partial charge in [-0.15, -0.1) is 11.8 Å². The van der Waals surface area contributed by atoms with Crippen LogP contribution in [0, 0.1) is 6.92 Å². The van der Waals surface area contributed by atoms with Crippen molar-refractivity contribution in [3.63, 3.8) is 0 Å². The van der Waals surface area contributed by atoms with E-state index in [2.05, 4.69) is 5.32 Å². The second-order valence-corrected chi connectivity index (χ2v) is 8.72. The fourth-order valence-electron chi connectivity index (χ4n) is 3.50. The number of carbonyl (C=O) groups excluding carboxylic acids is 2. The predicted molar refractivity (Wildman–Crippen MR) is 130 cm³/mol. The number of aryl methyl sites for hydroxylation is 1. The van der Waals surface area contributed by atoms with Crippen LogP contribution in [-0.2, 0) is 11.3 Å². The molecule has 0 radical (unpaired) electrons. The second kappa shape index (κ2) is 10.4. The molecule has 0 saturated carbocycles. The van der Waals surface area contributed by atoms with Crippen LogP contribution in [0.4, 0.5) is 5.69 Å². The first kappa shape index (κ1) is 22.7. The van der Waals surface area contributed by atoms with Gasteiger partial charge >= 0.3 is 0 Å². The summed E-state index contributed by atoms with van der Waals surface area (Å²) < 4.78 is 10.8. The predicted octanol–water partition coefficient (Wildman–Crippen LogP) is 5.12. The lowest BCUT2D eigenvalue weighted by Gasteiger charge is -2.22. The van der Waals surface area contributed by atoms with Gasteiger partial charge in [-0.3, -0.25) is 9.59 Å². The molecule has 1 N–H and O–H groups in total. The molecule has 1 aliphatic rings. The summed E-state index contributed by atoms with van der Waals surface area (Å²) >= 11 is 1.36. The molecule has 170 valence electrons. The Kier molecular flexibility index (Phi) is 7.19. The van der Waals surface area contributed by atoms with E-state index in [-0.39, 0.29) is 24.4 Å². The average Bonchev–Trinajstić information content (AvgIpc) is 3.30. The number of benzene rings is 3. The number of carbonyl (C=O) groups is 2. The molecule has 6 nitrogen and oxygen atoms in total. The lowest BCUT2D eigenvalue weighted by molar-refractivity contribution is -0.113. The molecule has 0 saturated heterocycles. The first-order valence-electron chi connectivity index (χ1n) is 10.8. The molecule has 2 amide bonds. The van der Waals surface area contributed by atoms with E-state index in [1.54, 1.807) is 4.90 Å². The third-order valence-electron chi connectivity index (χ3n) is 5.29. The van der Waals surface area contributed by atoms with Crippen molar-refractivity contribution in [2.45, 2.75) is 25.3 Å². The monoisotopic (exact) mass is 462 g/mol. The van der Waals surface area contributed by atoms with Gasteiger partial charge in [-0.05, 0) is 55.8 Å². The van der Waals surface area contributed by atoms with Crippen LogP contribution in [0.5, 0.6) is 11.5 Å². The molecule has 0 atom stereocenters. The zero-order valence-electron chi connectivity index (χ0n) is 18.7. The molecule has 0 fully saturated rings. The van der Waals surface area contributed by atoms with Gasteiger partial charge in [-0.1, -0.05) is 35.9 Å². The van der Waals surface area contributed by atoms with Crippen molar-refractivity contribution in [3.05, 3.63) is 83.4 Å². The van der Waals surface area contributed by atoms with Gasteiger partial charge < -0.3 is 19.7 Å². The fourth-order valence-corrected chi connectivity index (χ4v) is 4.35. The summed E-state index contributed by atoms with van der Waals surface area (Å²) in [5.74, 6) is 1.45. The highest BCUT2D eigenvalue weighted by atomic mass is 32.2. The highest BCUT2D eigenvalue weighted by molar-refractivity contribution is 8.00. The van der Waals surface area contributed by atoms with E-state index >= 15 is 0 Å². The number of rotatable bonds is 8. The lowest BCUT2D eigenvalue weighted by Crippen LogP contribution is -2.30. The molecule has 33 heavy (non-hydrogen) atoms. The molecule has 1 heterocycles. The zero-order valence-corrected chi connectivity index (χ0v) is 19.5. The third kappa shape index (κ3) is 5.68. The Hall–Kier alpha value is -3.45. The van der Waals surface area contributed by atoms with E-state index < -0.39 is 0 Å². The molecule has 0 bridgehead atoms. The number of hydrogen-bond acceptors (Lipinski definition) is 5. The van der Waals surface area contributed by atoms with Gasteiger partial charge in [0.25, 0.3) is 5.91 Å². The molecular formula is C26H26N2O4S. The Morgan fingerprint density at radius 1 is 1.00 bits per heavy atom. The maximum absolute atomic E-state index is 13.4. The fraction of sp³-hybridized carbons (Fsp3) is 0.231. The number of nitrogens with zero attached hydrogens (tertiary/aromatic N) is 1. The summed E-state index contributed by atoms with van der Waals surface area (Å²) in [4.78, 5) is 28.3. The molecule has 0 aliphatic carbocycles. The molecule has 0 unspecified atom stereocenters. The summed E-state index contributed by atoms with van der Waals surface area (Å²) in [6.07, 6.45) is 0. The summed E-state index contributed by atoms with van der Waals surface area (Å²) in [5.41, 5.74) is 3.46. The van der Waals surface area contributed by atoms with Gasteiger partial charge in [-0.2, -0.15) is 0 Å². The summed E-state index contributed by atoms with van der Waals surface area (Å²) in [7, 11) is 0. The standard InChI is InChI=1S/C26H26N2O4S/c1-3-28(15-19-10-13-22-23(14-19)32-17-31-22)26(30)21-6-4-5-7-24(21)33-16-25(29)27-20-11-8-18(2)9-12-20/h4-14H,3,15-17H2,1-2H3,(H,27,29). The maximum atomic E-state index is 13.4. The van der Waals surface area contributed by atoms with Crippen LogP contribution in [0.1, 0.15) is 28.4 Å². The third-order valence-corrected chi connectivity index (χ3v) is 6.36. The Balaban J connectivity index is 1.42. The van der Waals surface area contributed by atoms with Crippen molar-refractivity contribution in [1.29, 1.82) is 0 Å². The molecule has 3 aromatic rings. The van der Waals surface area contributed by atoms with E-state index in [4.69, 9.17) is 9.47 Å². The number of hydrogen-bond donors (Lipinski definition) is 1. The summed E-state index contributed by atoms with van der Waals surface area (Å²) in [5, 5.41) is 2.90. The topological polar surface area (TPSA) is 67.9 Å². The van der Waals surface area contributed by atoms with E-state index in [0.717, 1.165) is 27.5 Å². The summed E-state index contributed by atoms with van der Waals surface area (Å²) in [6, 6.07) is 20.8. The van der Waals surface area contributed by atoms with E-state index in [9.17, 15) is 9.59 Å². The first-order valence-corrected chi connectivity index (χ1v) is 11.8. The number of anilines is 1. The molecule has 4 rings (SSSR count). The molecule has 0 spiro atoms. The minimum absolute atomic E-state index is 0.0720. The van der Waals surface area contributed by atoms with E-state index in [0.29, 0.717) is 24.4 Å². The maximum Gasteiger partial charge on any atom is 0.255 e. The summed E-state index contributed by atoms with van der Waals surface area (Å²) in [6.45, 7) is 5.19. The average molecular weight is 463 g/mol. The largest absolute Gasteiger partial charge is 0.454 e. The highest BCUT2D eigenvalue weighted by Gasteiger charge is 2.20. The van der Waals surface area contributed by atoms with Crippen molar-refractivity contribution in [2.75, 3.05) is 24.4 Å². The Morgan fingerprint density at radius 2 is 1.76 bits per heavy atom. The molecule has 3 aromatic carbocycles. The Labute approximate surface area is 197 Å². The molecule has 7 heteroatoms. The van der Waals surface area contributed by atoms with Gasteiger partial charge in [0.2, 0.25) is 12.7 Å². The van der Waals surface area contributed by atoms with Crippen molar-refractivity contribution in [1.82, 2.24) is 4.90 Å². The van der Waals surface area contributed by atoms with E-state index in [1.165, 1.54) is 11.8 Å². The first-order chi connectivity index (χ1) is 16.0. The Bertz CT molecular complexity index is 1150. The van der Waals surface area contributed by atoms with Crippen LogP contribution in [0.15, 0.2) is 71.6 Å². The number of nitrogens with one attached hydrogen (secondary N) is 1. The van der Waals surface area contributed by atoms with Gasteiger partial charge in [0.15, 0.2) is 11.5 Å². The van der Waals surface area contributed by atoms with Gasteiger partial charge in [-0.25, -0.2) is 0 Å². The zero-order chi connectivity index (χ0) is 23.2. The second-order valence-electron chi connectivity index (χ2n) is 7.71. The van der Waals surface area contributed by atoms with Gasteiger partial charge in [0, 0.05) is 23.7 Å². The van der Waals surface area contributed by atoms with Crippen molar-refractivity contribution in [2.24, 2.45) is 0 Å². The minimum Gasteiger partial charge on any atom is -0.454 e. The molecule has 0 aromatic heterocycles. The normalized spacial score (nSPS) is 11.8. The van der Waals surface area contributed by atoms with Crippen molar-refractivity contribution < 1.29 is 19.1 Å². The van der Waals surface area contributed by atoms with Crippen LogP contribution in [-0.4, -0.2) is 35.8 Å². The van der Waals surface area contributed by atoms with E-state index in [1.807, 2.05) is 80.6 Å². The molecular weight excluding hydrogens is 436 g/mol. The SMILES string of the molecule is CCN(Cc1ccc2c(c1)OCO2)C(=O)c1ccccc1SCC(=O)Nc1ccc(C)cc1. The van der Waals surface area contributed by atoms with Crippen LogP contribution < -0.4 is 14.8 Å². The number of fused-ring (bicyclic) bond motifs is 1. The lowest BCUT2D eigenvalue weighted by atomic mass is 10.1. The van der Waals surface area contributed by atoms with Crippen LogP contribution >= 0.6 is 11.8 Å². The number of thioether (sulfide) groups is 1. The quantitative estimate of drug-likeness (QED) is 0.471. The smallest absolute Gasteiger partial charge is 0.255 e. The van der Waals surface area contributed by atoms with Gasteiger partial charge in [0.1, 0.15) is 0 Å². The Morgan fingerprint density at radius 3 is 2.55 bits per heavy atom.